The molecule has 0 heterocycles. The van der Waals surface area contributed by atoms with Gasteiger partial charge < -0.3 is 0 Å². The average Bonchev–Trinajstić information content (AvgIpc) is 2.68. The van der Waals surface area contributed by atoms with Crippen LogP contribution in [0.4, 0.5) is 0 Å². The summed E-state index contributed by atoms with van der Waals surface area (Å²) < 4.78 is 0. The molecule has 2 aromatic rings. The SMILES string of the molecule is CCCCCCCCCCCCCCC[CH]c1cccc2ccccc12. The minimum absolute atomic E-state index is 1.21. The van der Waals surface area contributed by atoms with Gasteiger partial charge in [0.1, 0.15) is 0 Å². The van der Waals surface area contributed by atoms with Crippen molar-refractivity contribution >= 4 is 10.8 Å². The Hall–Kier alpha value is -1.30. The molecule has 0 fully saturated rings. The number of rotatable bonds is 15. The van der Waals surface area contributed by atoms with Crippen LogP contribution in [0.3, 0.4) is 0 Å². The minimum Gasteiger partial charge on any atom is -0.0654 e. The predicted octanol–water partition coefficient (Wildman–Crippen LogP) is 8.87. The molecule has 0 heteroatoms. The molecule has 2 rings (SSSR count). The van der Waals surface area contributed by atoms with Crippen LogP contribution in [-0.2, 0) is 0 Å². The summed E-state index contributed by atoms with van der Waals surface area (Å²) >= 11 is 0. The summed E-state index contributed by atoms with van der Waals surface area (Å²) in [6.45, 7) is 2.29. The lowest BCUT2D eigenvalue weighted by Gasteiger charge is -2.06. The lowest BCUT2D eigenvalue weighted by molar-refractivity contribution is 0.539. The number of hydrogen-bond acceptors (Lipinski definition) is 0. The zero-order valence-corrected chi connectivity index (χ0v) is 17.0. The van der Waals surface area contributed by atoms with Gasteiger partial charge in [-0.2, -0.15) is 0 Å². The first-order valence-corrected chi connectivity index (χ1v) is 11.2. The first kappa shape index (κ1) is 21.0. The Labute approximate surface area is 162 Å². The lowest BCUT2D eigenvalue weighted by atomic mass is 9.99. The van der Waals surface area contributed by atoms with Crippen LogP contribution >= 0.6 is 0 Å². The fourth-order valence-electron chi connectivity index (χ4n) is 3.85. The van der Waals surface area contributed by atoms with Gasteiger partial charge in [0.15, 0.2) is 0 Å². The highest BCUT2D eigenvalue weighted by atomic mass is 14.1. The van der Waals surface area contributed by atoms with Crippen molar-refractivity contribution in [2.45, 2.75) is 96.8 Å². The summed E-state index contributed by atoms with van der Waals surface area (Å²) in [7, 11) is 0. The maximum atomic E-state index is 2.43. The van der Waals surface area contributed by atoms with Crippen molar-refractivity contribution < 1.29 is 0 Å². The second-order valence-corrected chi connectivity index (χ2v) is 7.80. The number of unbranched alkanes of at least 4 members (excludes halogenated alkanes) is 13. The van der Waals surface area contributed by atoms with E-state index in [-0.39, 0.29) is 0 Å². The molecule has 0 aliphatic rings. The van der Waals surface area contributed by atoms with Gasteiger partial charge in [0, 0.05) is 0 Å². The Morgan fingerprint density at radius 1 is 0.577 bits per heavy atom. The van der Waals surface area contributed by atoms with Crippen LogP contribution in [0, 0.1) is 6.42 Å². The molecule has 1 radical (unpaired) electrons. The summed E-state index contributed by atoms with van der Waals surface area (Å²) in [6.07, 6.45) is 22.2. The first-order chi connectivity index (χ1) is 12.9. The number of fused-ring (bicyclic) bond motifs is 1. The van der Waals surface area contributed by atoms with E-state index in [1.807, 2.05) is 0 Å². The van der Waals surface area contributed by atoms with Crippen LogP contribution in [0.2, 0.25) is 0 Å². The Kier molecular flexibility index (Phi) is 11.2. The van der Waals surface area contributed by atoms with Crippen molar-refractivity contribution in [1.29, 1.82) is 0 Å². The van der Waals surface area contributed by atoms with E-state index < -0.39 is 0 Å². The Bertz CT molecular complexity index is 578. The third-order valence-corrected chi connectivity index (χ3v) is 5.50. The van der Waals surface area contributed by atoms with Gasteiger partial charge >= 0.3 is 0 Å². The molecule has 0 amide bonds. The highest BCUT2D eigenvalue weighted by Gasteiger charge is 2.00. The molecule has 0 spiro atoms. The van der Waals surface area contributed by atoms with Crippen molar-refractivity contribution in [3.63, 3.8) is 0 Å². The molecule has 0 saturated carbocycles. The van der Waals surface area contributed by atoms with E-state index >= 15 is 0 Å². The molecule has 0 atom stereocenters. The Morgan fingerprint density at radius 2 is 1.12 bits per heavy atom. The molecule has 0 nitrogen and oxygen atoms in total. The maximum absolute atomic E-state index is 2.43. The molecule has 0 aliphatic carbocycles. The number of benzene rings is 2. The molecule has 0 N–H and O–H groups in total. The van der Waals surface area contributed by atoms with Crippen LogP contribution in [0.15, 0.2) is 42.5 Å². The van der Waals surface area contributed by atoms with Crippen molar-refractivity contribution in [2.75, 3.05) is 0 Å². The van der Waals surface area contributed by atoms with Gasteiger partial charge in [-0.15, -0.1) is 0 Å². The molecule has 143 valence electrons. The molecular formula is C26H39. The molecule has 0 aromatic heterocycles. The van der Waals surface area contributed by atoms with Crippen molar-refractivity contribution in [1.82, 2.24) is 0 Å². The highest BCUT2D eigenvalue weighted by molar-refractivity contribution is 5.86. The normalized spacial score (nSPS) is 11.3. The fraction of sp³-hybridized carbons (Fsp3) is 0.577. The standard InChI is InChI=1S/C26H39/c1-2-3-4-5-6-7-8-9-10-11-12-13-14-15-19-24-21-18-22-25-20-16-17-23-26(24)25/h16-23H,2-15H2,1H3. The van der Waals surface area contributed by atoms with Gasteiger partial charge in [-0.05, 0) is 29.2 Å². The van der Waals surface area contributed by atoms with E-state index in [2.05, 4.69) is 55.8 Å². The van der Waals surface area contributed by atoms with E-state index in [0.717, 1.165) is 0 Å². The zero-order valence-electron chi connectivity index (χ0n) is 17.0. The Balaban J connectivity index is 1.43. The topological polar surface area (TPSA) is 0 Å². The third kappa shape index (κ3) is 8.39. The van der Waals surface area contributed by atoms with Gasteiger partial charge in [-0.3, -0.25) is 0 Å². The molecule has 26 heavy (non-hydrogen) atoms. The summed E-state index contributed by atoms with van der Waals surface area (Å²) in [5.41, 5.74) is 1.40. The highest BCUT2D eigenvalue weighted by Crippen LogP contribution is 2.22. The van der Waals surface area contributed by atoms with E-state index in [4.69, 9.17) is 0 Å². The quantitative estimate of drug-likeness (QED) is 0.281. The first-order valence-electron chi connectivity index (χ1n) is 11.2. The second-order valence-electron chi connectivity index (χ2n) is 7.80. The molecule has 0 saturated heterocycles. The van der Waals surface area contributed by atoms with Gasteiger partial charge in [0.05, 0.1) is 0 Å². The van der Waals surface area contributed by atoms with Gasteiger partial charge in [0.25, 0.3) is 0 Å². The van der Waals surface area contributed by atoms with E-state index in [1.54, 1.807) is 0 Å². The molecule has 2 aromatic carbocycles. The van der Waals surface area contributed by atoms with Crippen LogP contribution in [0.25, 0.3) is 10.8 Å². The molecule has 0 aliphatic heterocycles. The summed E-state index contributed by atoms with van der Waals surface area (Å²) in [4.78, 5) is 0. The van der Waals surface area contributed by atoms with Crippen molar-refractivity contribution in [3.05, 3.63) is 54.4 Å². The number of hydrogen-bond donors (Lipinski definition) is 0. The van der Waals surface area contributed by atoms with Crippen molar-refractivity contribution in [3.8, 4) is 0 Å². The van der Waals surface area contributed by atoms with Crippen LogP contribution < -0.4 is 0 Å². The summed E-state index contributed by atoms with van der Waals surface area (Å²) in [6, 6.07) is 15.4. The second kappa shape index (κ2) is 13.8. The third-order valence-electron chi connectivity index (χ3n) is 5.50. The maximum Gasteiger partial charge on any atom is -0.00867 e. The van der Waals surface area contributed by atoms with E-state index in [0.29, 0.717) is 0 Å². The van der Waals surface area contributed by atoms with Crippen LogP contribution in [0.5, 0.6) is 0 Å². The van der Waals surface area contributed by atoms with Gasteiger partial charge in [-0.1, -0.05) is 133 Å². The monoisotopic (exact) mass is 351 g/mol. The van der Waals surface area contributed by atoms with E-state index in [1.165, 1.54) is 106 Å². The van der Waals surface area contributed by atoms with Crippen LogP contribution in [-0.4, -0.2) is 0 Å². The fourth-order valence-corrected chi connectivity index (χ4v) is 3.85. The molecule has 0 unspecified atom stereocenters. The lowest BCUT2D eigenvalue weighted by Crippen LogP contribution is -1.86. The zero-order chi connectivity index (χ0) is 18.3. The van der Waals surface area contributed by atoms with Crippen LogP contribution in [0.1, 0.15) is 102 Å². The average molecular weight is 352 g/mol. The van der Waals surface area contributed by atoms with Crippen molar-refractivity contribution in [2.24, 2.45) is 0 Å². The summed E-state index contributed by atoms with van der Waals surface area (Å²) in [5.74, 6) is 0. The minimum atomic E-state index is 1.21. The Morgan fingerprint density at radius 3 is 1.77 bits per heavy atom. The molecule has 0 bridgehead atoms. The predicted molar refractivity (Wildman–Crippen MR) is 118 cm³/mol. The largest absolute Gasteiger partial charge is 0.0654 e. The van der Waals surface area contributed by atoms with Gasteiger partial charge in [0.2, 0.25) is 0 Å². The van der Waals surface area contributed by atoms with E-state index in [9.17, 15) is 0 Å². The smallest absolute Gasteiger partial charge is 0.00867 e. The van der Waals surface area contributed by atoms with Gasteiger partial charge in [-0.25, -0.2) is 0 Å². The summed E-state index contributed by atoms with van der Waals surface area (Å²) in [5, 5.41) is 2.75. The molecular weight excluding hydrogens is 312 g/mol.